The summed E-state index contributed by atoms with van der Waals surface area (Å²) in [5.41, 5.74) is 1.61. The summed E-state index contributed by atoms with van der Waals surface area (Å²) in [6, 6.07) is 10.8. The van der Waals surface area contributed by atoms with Gasteiger partial charge in [0.15, 0.2) is 0 Å². The minimum absolute atomic E-state index is 0.205. The molecule has 0 saturated carbocycles. The zero-order valence-corrected chi connectivity index (χ0v) is 13.1. The lowest BCUT2D eigenvalue weighted by Gasteiger charge is -2.26. The molecular formula is C17H30N2. The average molecular weight is 262 g/mol. The second-order valence-corrected chi connectivity index (χ2v) is 5.81. The summed E-state index contributed by atoms with van der Waals surface area (Å²) in [5.74, 6) is 0. The first-order valence-corrected chi connectivity index (χ1v) is 7.58. The van der Waals surface area contributed by atoms with Crippen molar-refractivity contribution in [2.24, 2.45) is 0 Å². The smallest absolute Gasteiger partial charge is 0.00431 e. The molecule has 0 spiro atoms. The number of nitrogens with one attached hydrogen (secondary N) is 1. The Morgan fingerprint density at radius 3 is 2.26 bits per heavy atom. The Balaban J connectivity index is 2.25. The predicted molar refractivity (Wildman–Crippen MR) is 84.7 cm³/mol. The van der Waals surface area contributed by atoms with Crippen molar-refractivity contribution in [3.8, 4) is 0 Å². The predicted octanol–water partition coefficient (Wildman–Crippen LogP) is 3.29. The highest BCUT2D eigenvalue weighted by Gasteiger charge is 2.19. The van der Waals surface area contributed by atoms with Crippen molar-refractivity contribution in [3.63, 3.8) is 0 Å². The Morgan fingerprint density at radius 2 is 1.68 bits per heavy atom. The molecule has 2 heteroatoms. The highest BCUT2D eigenvalue weighted by atomic mass is 15.1. The normalized spacial score (nSPS) is 12.1. The van der Waals surface area contributed by atoms with E-state index in [1.165, 1.54) is 18.5 Å². The van der Waals surface area contributed by atoms with Crippen molar-refractivity contribution in [2.45, 2.75) is 39.5 Å². The zero-order chi connectivity index (χ0) is 14.1. The van der Waals surface area contributed by atoms with Crippen LogP contribution in [0, 0.1) is 0 Å². The lowest BCUT2D eigenvalue weighted by atomic mass is 9.84. The van der Waals surface area contributed by atoms with Crippen molar-refractivity contribution in [1.82, 2.24) is 10.2 Å². The van der Waals surface area contributed by atoms with Crippen LogP contribution in [0.3, 0.4) is 0 Å². The van der Waals surface area contributed by atoms with Crippen LogP contribution in [-0.2, 0) is 5.41 Å². The Hall–Kier alpha value is -0.860. The summed E-state index contributed by atoms with van der Waals surface area (Å²) in [4.78, 5) is 2.48. The maximum Gasteiger partial charge on any atom is 0.00431 e. The van der Waals surface area contributed by atoms with Gasteiger partial charge < -0.3 is 10.2 Å². The Kier molecular flexibility index (Phi) is 7.11. The Labute approximate surface area is 119 Å². The number of hydrogen-bond acceptors (Lipinski definition) is 2. The largest absolute Gasteiger partial charge is 0.316 e. The zero-order valence-electron chi connectivity index (χ0n) is 13.1. The van der Waals surface area contributed by atoms with E-state index in [0.717, 1.165) is 26.2 Å². The third-order valence-corrected chi connectivity index (χ3v) is 3.84. The van der Waals surface area contributed by atoms with Gasteiger partial charge in [-0.25, -0.2) is 0 Å². The lowest BCUT2D eigenvalue weighted by Crippen LogP contribution is -2.34. The second kappa shape index (κ2) is 8.34. The molecule has 0 aromatic heterocycles. The molecule has 0 aliphatic rings. The highest BCUT2D eigenvalue weighted by molar-refractivity contribution is 5.23. The molecule has 0 unspecified atom stereocenters. The van der Waals surface area contributed by atoms with Gasteiger partial charge >= 0.3 is 0 Å². The van der Waals surface area contributed by atoms with Crippen LogP contribution in [0.2, 0.25) is 0 Å². The molecule has 0 amide bonds. The van der Waals surface area contributed by atoms with E-state index in [1.807, 2.05) is 0 Å². The summed E-state index contributed by atoms with van der Waals surface area (Å²) < 4.78 is 0. The third-order valence-electron chi connectivity index (χ3n) is 3.84. The molecule has 108 valence electrons. The molecule has 0 aliphatic heterocycles. The molecular weight excluding hydrogens is 232 g/mol. The number of benzene rings is 1. The van der Waals surface area contributed by atoms with E-state index >= 15 is 0 Å². The minimum Gasteiger partial charge on any atom is -0.316 e. The summed E-state index contributed by atoms with van der Waals surface area (Å²) in [6.45, 7) is 14.7. The van der Waals surface area contributed by atoms with Crippen LogP contribution in [0.4, 0.5) is 0 Å². The molecule has 0 fully saturated rings. The summed E-state index contributed by atoms with van der Waals surface area (Å²) in [5, 5.41) is 3.60. The Morgan fingerprint density at radius 1 is 1.05 bits per heavy atom. The van der Waals surface area contributed by atoms with E-state index in [2.05, 4.69) is 68.2 Å². The van der Waals surface area contributed by atoms with Crippen LogP contribution in [0.25, 0.3) is 0 Å². The van der Waals surface area contributed by atoms with Crippen LogP contribution in [0.15, 0.2) is 30.3 Å². The van der Waals surface area contributed by atoms with E-state index in [0.29, 0.717) is 0 Å². The van der Waals surface area contributed by atoms with Gasteiger partial charge in [-0.2, -0.15) is 0 Å². The fraction of sp³-hybridized carbons (Fsp3) is 0.647. The first-order valence-electron chi connectivity index (χ1n) is 7.58. The van der Waals surface area contributed by atoms with Crippen LogP contribution in [0.5, 0.6) is 0 Å². The van der Waals surface area contributed by atoms with Crippen molar-refractivity contribution in [2.75, 3.05) is 32.7 Å². The van der Waals surface area contributed by atoms with E-state index in [9.17, 15) is 0 Å². The first kappa shape index (κ1) is 16.2. The lowest BCUT2D eigenvalue weighted by molar-refractivity contribution is 0.296. The van der Waals surface area contributed by atoms with Gasteiger partial charge in [-0.15, -0.1) is 0 Å². The molecule has 0 saturated heterocycles. The van der Waals surface area contributed by atoms with Crippen LogP contribution in [-0.4, -0.2) is 37.6 Å². The van der Waals surface area contributed by atoms with Crippen molar-refractivity contribution < 1.29 is 0 Å². The summed E-state index contributed by atoms with van der Waals surface area (Å²) in [7, 11) is 0. The molecule has 0 radical (unpaired) electrons. The van der Waals surface area contributed by atoms with E-state index in [4.69, 9.17) is 0 Å². The van der Waals surface area contributed by atoms with E-state index in [-0.39, 0.29) is 5.41 Å². The topological polar surface area (TPSA) is 15.3 Å². The molecule has 0 atom stereocenters. The molecule has 2 nitrogen and oxygen atoms in total. The fourth-order valence-corrected chi connectivity index (χ4v) is 2.36. The third kappa shape index (κ3) is 5.75. The van der Waals surface area contributed by atoms with Gasteiger partial charge in [0.05, 0.1) is 0 Å². The Bertz CT molecular complexity index is 328. The van der Waals surface area contributed by atoms with Gasteiger partial charge in [0.2, 0.25) is 0 Å². The van der Waals surface area contributed by atoms with Gasteiger partial charge in [-0.3, -0.25) is 0 Å². The van der Waals surface area contributed by atoms with Gasteiger partial charge in [-0.05, 0) is 38.2 Å². The number of hydrogen-bond donors (Lipinski definition) is 1. The minimum atomic E-state index is 0.205. The van der Waals surface area contributed by atoms with Crippen molar-refractivity contribution in [3.05, 3.63) is 35.9 Å². The average Bonchev–Trinajstić information content (AvgIpc) is 2.44. The SMILES string of the molecule is CCN(CC)CCCNCC(C)(C)c1ccccc1. The summed E-state index contributed by atoms with van der Waals surface area (Å²) >= 11 is 0. The molecule has 0 bridgehead atoms. The van der Waals surface area contributed by atoms with Gasteiger partial charge in [0, 0.05) is 12.0 Å². The first-order chi connectivity index (χ1) is 9.10. The molecule has 0 aliphatic carbocycles. The van der Waals surface area contributed by atoms with Crippen molar-refractivity contribution >= 4 is 0 Å². The molecule has 1 aromatic rings. The molecule has 1 N–H and O–H groups in total. The quantitative estimate of drug-likeness (QED) is 0.687. The second-order valence-electron chi connectivity index (χ2n) is 5.81. The maximum atomic E-state index is 3.60. The molecule has 1 rings (SSSR count). The standard InChI is InChI=1S/C17H30N2/c1-5-19(6-2)14-10-13-18-15-17(3,4)16-11-8-7-9-12-16/h7-9,11-12,18H,5-6,10,13-15H2,1-4H3. The van der Waals surface area contributed by atoms with E-state index < -0.39 is 0 Å². The van der Waals surface area contributed by atoms with Crippen molar-refractivity contribution in [1.29, 1.82) is 0 Å². The maximum absolute atomic E-state index is 3.60. The number of nitrogens with zero attached hydrogens (tertiary/aromatic N) is 1. The molecule has 19 heavy (non-hydrogen) atoms. The van der Waals surface area contributed by atoms with Gasteiger partial charge in [0.25, 0.3) is 0 Å². The monoisotopic (exact) mass is 262 g/mol. The van der Waals surface area contributed by atoms with Gasteiger partial charge in [-0.1, -0.05) is 58.0 Å². The van der Waals surface area contributed by atoms with Gasteiger partial charge in [0.1, 0.15) is 0 Å². The van der Waals surface area contributed by atoms with E-state index in [1.54, 1.807) is 0 Å². The fourth-order valence-electron chi connectivity index (χ4n) is 2.36. The highest BCUT2D eigenvalue weighted by Crippen LogP contribution is 2.21. The van der Waals surface area contributed by atoms with Crippen LogP contribution in [0.1, 0.15) is 39.7 Å². The van der Waals surface area contributed by atoms with Crippen LogP contribution < -0.4 is 5.32 Å². The summed E-state index contributed by atoms with van der Waals surface area (Å²) in [6.07, 6.45) is 1.23. The molecule has 1 aromatic carbocycles. The molecule has 0 heterocycles. The number of rotatable bonds is 9. The van der Waals surface area contributed by atoms with Crippen LogP contribution >= 0.6 is 0 Å².